The monoisotopic (exact) mass is 325 g/mol. The summed E-state index contributed by atoms with van der Waals surface area (Å²) in [5.74, 6) is -0.170. The van der Waals surface area contributed by atoms with Crippen LogP contribution in [0.3, 0.4) is 0 Å². The van der Waals surface area contributed by atoms with Crippen molar-refractivity contribution in [3.63, 3.8) is 0 Å². The Morgan fingerprint density at radius 2 is 2.10 bits per heavy atom. The molecule has 1 aromatic carbocycles. The fourth-order valence-corrected chi connectivity index (χ4v) is 3.21. The number of amidine groups is 1. The number of carbonyl (C=O) groups is 2. The molecule has 0 fully saturated rings. The number of nitrogens with zero attached hydrogens (tertiary/aromatic N) is 3. The fraction of sp³-hybridized carbons (Fsp3) is 0.357. The fourth-order valence-electron chi connectivity index (χ4n) is 1.92. The molecule has 0 saturated heterocycles. The van der Waals surface area contributed by atoms with Crippen molar-refractivity contribution in [2.75, 3.05) is 25.5 Å². The third-order valence-electron chi connectivity index (χ3n) is 2.95. The molecule has 112 valence electrons. The Bertz CT molecular complexity index is 604. The van der Waals surface area contributed by atoms with Gasteiger partial charge >= 0.3 is 0 Å². The molecule has 1 heterocycles. The van der Waals surface area contributed by atoms with E-state index >= 15 is 0 Å². The Labute approximate surface area is 133 Å². The van der Waals surface area contributed by atoms with Crippen LogP contribution >= 0.6 is 23.4 Å². The summed E-state index contributed by atoms with van der Waals surface area (Å²) in [6, 6.07) is 7.09. The highest BCUT2D eigenvalue weighted by atomic mass is 35.5. The second-order valence-electron chi connectivity index (χ2n) is 4.77. The van der Waals surface area contributed by atoms with Gasteiger partial charge in [-0.25, -0.2) is 0 Å². The van der Waals surface area contributed by atoms with Crippen molar-refractivity contribution in [1.29, 1.82) is 0 Å². The summed E-state index contributed by atoms with van der Waals surface area (Å²) in [5.41, 5.74) is 0.595. The Morgan fingerprint density at radius 1 is 1.43 bits per heavy atom. The Kier molecular flexibility index (Phi) is 4.90. The summed E-state index contributed by atoms with van der Waals surface area (Å²) in [5, 5.41) is 0.665. The van der Waals surface area contributed by atoms with E-state index in [0.717, 1.165) is 0 Å². The summed E-state index contributed by atoms with van der Waals surface area (Å²) in [6.07, 6.45) is 0. The zero-order chi connectivity index (χ0) is 15.6. The predicted octanol–water partition coefficient (Wildman–Crippen LogP) is 2.25. The van der Waals surface area contributed by atoms with E-state index in [1.54, 1.807) is 39.2 Å². The van der Waals surface area contributed by atoms with E-state index in [1.807, 2.05) is 6.07 Å². The normalized spacial score (nSPS) is 15.9. The zero-order valence-corrected chi connectivity index (χ0v) is 13.6. The highest BCUT2D eigenvalue weighted by Crippen LogP contribution is 2.31. The van der Waals surface area contributed by atoms with Gasteiger partial charge in [-0.1, -0.05) is 35.5 Å². The highest BCUT2D eigenvalue weighted by molar-refractivity contribution is 8.15. The van der Waals surface area contributed by atoms with Gasteiger partial charge in [0.05, 0.1) is 16.0 Å². The first-order valence-electron chi connectivity index (χ1n) is 6.41. The van der Waals surface area contributed by atoms with Crippen molar-refractivity contribution in [3.8, 4) is 0 Å². The molecule has 2 rings (SSSR count). The molecule has 1 aliphatic rings. The molecule has 21 heavy (non-hydrogen) atoms. The molecule has 0 radical (unpaired) electrons. The molecule has 0 aromatic heterocycles. The minimum Gasteiger partial charge on any atom is -0.348 e. The number of thioether (sulfide) groups is 1. The first-order valence-corrected chi connectivity index (χ1v) is 7.67. The largest absolute Gasteiger partial charge is 0.348 e. The lowest BCUT2D eigenvalue weighted by Gasteiger charge is -2.22. The maximum Gasteiger partial charge on any atom is 0.254 e. The van der Waals surface area contributed by atoms with E-state index in [2.05, 4.69) is 4.99 Å². The highest BCUT2D eigenvalue weighted by Gasteiger charge is 2.31. The quantitative estimate of drug-likeness (QED) is 0.856. The topological polar surface area (TPSA) is 53.0 Å². The molecule has 1 atom stereocenters. The molecule has 0 unspecified atom stereocenters. The minimum atomic E-state index is -0.324. The van der Waals surface area contributed by atoms with Crippen LogP contribution in [0.2, 0.25) is 5.02 Å². The molecular weight excluding hydrogens is 310 g/mol. The standard InChI is InChI=1S/C14H16ClN3O2S/c1-9(13(20)17(2)3)21-14-16-8-12(19)18(14)11-7-5-4-6-10(11)15/h4-7,9H,8H2,1-3H3/t9-/m0/s1. The Morgan fingerprint density at radius 3 is 2.71 bits per heavy atom. The van der Waals surface area contributed by atoms with Crippen LogP contribution in [-0.2, 0) is 9.59 Å². The van der Waals surface area contributed by atoms with Gasteiger partial charge in [0.25, 0.3) is 5.91 Å². The molecule has 0 aliphatic carbocycles. The van der Waals surface area contributed by atoms with E-state index in [-0.39, 0.29) is 23.6 Å². The van der Waals surface area contributed by atoms with Crippen LogP contribution in [-0.4, -0.2) is 47.8 Å². The van der Waals surface area contributed by atoms with Gasteiger partial charge in [-0.3, -0.25) is 19.5 Å². The third-order valence-corrected chi connectivity index (χ3v) is 4.35. The SMILES string of the molecule is C[C@H](SC1=NCC(=O)N1c1ccccc1Cl)C(=O)N(C)C. The van der Waals surface area contributed by atoms with Crippen LogP contribution in [0, 0.1) is 0 Å². The van der Waals surface area contributed by atoms with Gasteiger partial charge in [-0.2, -0.15) is 0 Å². The molecule has 2 amide bonds. The number of rotatable bonds is 3. The molecule has 0 saturated carbocycles. The zero-order valence-electron chi connectivity index (χ0n) is 12.0. The number of para-hydroxylation sites is 1. The van der Waals surface area contributed by atoms with Gasteiger partial charge in [0.1, 0.15) is 6.54 Å². The van der Waals surface area contributed by atoms with E-state index in [9.17, 15) is 9.59 Å². The van der Waals surface area contributed by atoms with Crippen molar-refractivity contribution >= 4 is 46.0 Å². The minimum absolute atomic E-state index is 0.0267. The average molecular weight is 326 g/mol. The van der Waals surface area contributed by atoms with Crippen molar-refractivity contribution in [1.82, 2.24) is 4.90 Å². The number of halogens is 1. The van der Waals surface area contributed by atoms with Crippen LogP contribution in [0.4, 0.5) is 5.69 Å². The first kappa shape index (κ1) is 15.9. The Balaban J connectivity index is 2.22. The lowest BCUT2D eigenvalue weighted by molar-refractivity contribution is -0.127. The van der Waals surface area contributed by atoms with E-state index in [4.69, 9.17) is 11.6 Å². The van der Waals surface area contributed by atoms with Crippen LogP contribution in [0.15, 0.2) is 29.3 Å². The van der Waals surface area contributed by atoms with Crippen LogP contribution < -0.4 is 4.90 Å². The Hall–Kier alpha value is -1.53. The predicted molar refractivity (Wildman–Crippen MR) is 87.0 cm³/mol. The lowest BCUT2D eigenvalue weighted by Crippen LogP contribution is -2.35. The number of hydrogen-bond donors (Lipinski definition) is 0. The van der Waals surface area contributed by atoms with Gasteiger partial charge in [0.2, 0.25) is 5.91 Å². The number of aliphatic imine (C=N–C) groups is 1. The summed E-state index contributed by atoms with van der Waals surface area (Å²) in [7, 11) is 3.40. The number of amides is 2. The van der Waals surface area contributed by atoms with Gasteiger partial charge < -0.3 is 4.90 Å². The molecule has 1 aromatic rings. The number of benzene rings is 1. The maximum atomic E-state index is 12.1. The molecule has 7 heteroatoms. The number of carbonyl (C=O) groups excluding carboxylic acids is 2. The molecule has 0 spiro atoms. The molecule has 5 nitrogen and oxygen atoms in total. The molecule has 1 aliphatic heterocycles. The molecule has 0 N–H and O–H groups in total. The smallest absolute Gasteiger partial charge is 0.254 e. The molecule has 0 bridgehead atoms. The molecular formula is C14H16ClN3O2S. The van der Waals surface area contributed by atoms with Crippen molar-refractivity contribution in [2.24, 2.45) is 4.99 Å². The third kappa shape index (κ3) is 3.39. The van der Waals surface area contributed by atoms with Gasteiger partial charge in [-0.05, 0) is 19.1 Å². The summed E-state index contributed by atoms with van der Waals surface area (Å²) in [4.78, 5) is 31.2. The summed E-state index contributed by atoms with van der Waals surface area (Å²) >= 11 is 7.42. The van der Waals surface area contributed by atoms with Crippen LogP contribution in [0.25, 0.3) is 0 Å². The number of hydrogen-bond acceptors (Lipinski definition) is 4. The van der Waals surface area contributed by atoms with Gasteiger partial charge in [0.15, 0.2) is 5.17 Å². The lowest BCUT2D eigenvalue weighted by atomic mass is 10.3. The average Bonchev–Trinajstić information content (AvgIpc) is 2.79. The van der Waals surface area contributed by atoms with Crippen molar-refractivity contribution < 1.29 is 9.59 Å². The second kappa shape index (κ2) is 6.49. The van der Waals surface area contributed by atoms with Gasteiger partial charge in [-0.15, -0.1) is 0 Å². The van der Waals surface area contributed by atoms with Gasteiger partial charge in [0, 0.05) is 14.1 Å². The van der Waals surface area contributed by atoms with E-state index in [1.165, 1.54) is 21.6 Å². The van der Waals surface area contributed by atoms with Crippen molar-refractivity contribution in [2.45, 2.75) is 12.2 Å². The summed E-state index contributed by atoms with van der Waals surface area (Å²) < 4.78 is 0. The van der Waals surface area contributed by atoms with E-state index < -0.39 is 0 Å². The van der Waals surface area contributed by atoms with E-state index in [0.29, 0.717) is 15.9 Å². The van der Waals surface area contributed by atoms with Crippen LogP contribution in [0.1, 0.15) is 6.92 Å². The number of anilines is 1. The summed E-state index contributed by atoms with van der Waals surface area (Å²) in [6.45, 7) is 1.87. The first-order chi connectivity index (χ1) is 9.91. The maximum absolute atomic E-state index is 12.1. The van der Waals surface area contributed by atoms with Crippen molar-refractivity contribution in [3.05, 3.63) is 29.3 Å². The van der Waals surface area contributed by atoms with Crippen LogP contribution in [0.5, 0.6) is 0 Å². The second-order valence-corrected chi connectivity index (χ2v) is 6.49.